The third-order valence-corrected chi connectivity index (χ3v) is 7.20. The zero-order chi connectivity index (χ0) is 23.0. The van der Waals surface area contributed by atoms with Crippen LogP contribution in [0.5, 0.6) is 0 Å². The molecule has 7 heteroatoms. The summed E-state index contributed by atoms with van der Waals surface area (Å²) in [5.74, 6) is -2.58. The highest BCUT2D eigenvalue weighted by atomic mass is 19.3. The average molecular weight is 454 g/mol. The van der Waals surface area contributed by atoms with E-state index in [1.54, 1.807) is 22.8 Å². The molecule has 2 aliphatic rings. The highest BCUT2D eigenvalue weighted by molar-refractivity contribution is 5.81. The van der Waals surface area contributed by atoms with Gasteiger partial charge in [0.1, 0.15) is 5.82 Å². The van der Waals surface area contributed by atoms with E-state index in [1.807, 2.05) is 6.07 Å². The Labute approximate surface area is 192 Å². The number of imidazole rings is 1. The third-order valence-electron chi connectivity index (χ3n) is 7.20. The van der Waals surface area contributed by atoms with Gasteiger partial charge in [-0.1, -0.05) is 36.4 Å². The minimum Gasteiger partial charge on any atom is -0.469 e. The van der Waals surface area contributed by atoms with Gasteiger partial charge in [0, 0.05) is 18.0 Å². The van der Waals surface area contributed by atoms with E-state index in [-0.39, 0.29) is 23.4 Å². The minimum absolute atomic E-state index is 0.00632. The summed E-state index contributed by atoms with van der Waals surface area (Å²) in [7, 11) is 1.41. The fourth-order valence-corrected chi connectivity index (χ4v) is 5.38. The van der Waals surface area contributed by atoms with Gasteiger partial charge in [-0.05, 0) is 55.8 Å². The summed E-state index contributed by atoms with van der Waals surface area (Å²) in [4.78, 5) is 17.0. The number of rotatable bonds is 5. The summed E-state index contributed by atoms with van der Waals surface area (Å²) < 4.78 is 37.5. The van der Waals surface area contributed by atoms with Gasteiger partial charge in [0.15, 0.2) is 0 Å². The normalized spacial score (nSPS) is 21.1. The average Bonchev–Trinajstić information content (AvgIpc) is 3.22. The summed E-state index contributed by atoms with van der Waals surface area (Å²) >= 11 is 0. The number of benzene rings is 2. The number of alkyl halides is 2. The van der Waals surface area contributed by atoms with Crippen LogP contribution in [0.2, 0.25) is 0 Å². The third kappa shape index (κ3) is 4.14. The predicted molar refractivity (Wildman–Crippen MR) is 122 cm³/mol. The van der Waals surface area contributed by atoms with Crippen molar-refractivity contribution in [2.75, 3.05) is 13.7 Å². The second-order valence-electron chi connectivity index (χ2n) is 9.20. The lowest BCUT2D eigenvalue weighted by atomic mass is 9.81. The smallest absolute Gasteiger partial charge is 0.308 e. The van der Waals surface area contributed by atoms with Gasteiger partial charge in [0.05, 0.1) is 30.6 Å². The molecule has 1 aromatic heterocycles. The van der Waals surface area contributed by atoms with Crippen molar-refractivity contribution in [1.29, 1.82) is 0 Å². The summed E-state index contributed by atoms with van der Waals surface area (Å²) in [6.45, 7) is 1.16. The van der Waals surface area contributed by atoms with Crippen LogP contribution >= 0.6 is 0 Å². The van der Waals surface area contributed by atoms with Crippen molar-refractivity contribution in [3.05, 3.63) is 65.0 Å². The second-order valence-corrected chi connectivity index (χ2v) is 9.20. The maximum Gasteiger partial charge on any atom is 0.308 e. The number of halogens is 2. The van der Waals surface area contributed by atoms with Gasteiger partial charge in [0.2, 0.25) is 0 Å². The molecule has 1 fully saturated rings. The van der Waals surface area contributed by atoms with E-state index < -0.39 is 12.5 Å². The quantitative estimate of drug-likeness (QED) is 0.557. The lowest BCUT2D eigenvalue weighted by Gasteiger charge is -2.28. The monoisotopic (exact) mass is 453 g/mol. The molecule has 2 heterocycles. The van der Waals surface area contributed by atoms with Crippen molar-refractivity contribution >= 4 is 17.0 Å². The molecule has 0 radical (unpaired) electrons. The molecule has 0 bridgehead atoms. The molecule has 174 valence electrons. The zero-order valence-electron chi connectivity index (χ0n) is 18.8. The molecular weight excluding hydrogens is 424 g/mol. The second kappa shape index (κ2) is 8.86. The number of esters is 1. The largest absolute Gasteiger partial charge is 0.469 e. The van der Waals surface area contributed by atoms with Crippen molar-refractivity contribution in [1.82, 2.24) is 14.9 Å². The molecule has 0 atom stereocenters. The van der Waals surface area contributed by atoms with Crippen molar-refractivity contribution in [2.45, 2.75) is 57.0 Å². The van der Waals surface area contributed by atoms with Crippen molar-refractivity contribution in [3.63, 3.8) is 0 Å². The number of methoxy groups -OCH3 is 1. The molecule has 1 saturated carbocycles. The Morgan fingerprint density at radius 2 is 1.91 bits per heavy atom. The zero-order valence-corrected chi connectivity index (χ0v) is 18.8. The molecule has 0 spiro atoms. The van der Waals surface area contributed by atoms with Crippen LogP contribution in [0.25, 0.3) is 11.0 Å². The molecule has 2 aromatic carbocycles. The Hall–Kier alpha value is -2.80. The number of carbonyl (C=O) groups is 1. The first kappa shape index (κ1) is 22.0. The highest BCUT2D eigenvalue weighted by Gasteiger charge is 2.36. The van der Waals surface area contributed by atoms with Crippen molar-refractivity contribution < 1.29 is 18.3 Å². The molecule has 0 unspecified atom stereocenters. The van der Waals surface area contributed by atoms with Crippen LogP contribution in [0.15, 0.2) is 42.5 Å². The predicted octanol–water partition coefficient (Wildman–Crippen LogP) is 4.92. The molecule has 0 amide bonds. The molecule has 1 aliphatic carbocycles. The summed E-state index contributed by atoms with van der Waals surface area (Å²) in [6.07, 6.45) is 3.77. The van der Waals surface area contributed by atoms with Crippen LogP contribution in [0.1, 0.15) is 54.1 Å². The van der Waals surface area contributed by atoms with Crippen LogP contribution in [-0.2, 0) is 35.0 Å². The molecule has 5 rings (SSSR count). The number of nitrogens with one attached hydrogen (secondary N) is 1. The van der Waals surface area contributed by atoms with E-state index in [1.165, 1.54) is 24.8 Å². The lowest BCUT2D eigenvalue weighted by Crippen LogP contribution is -2.26. The first-order valence-corrected chi connectivity index (χ1v) is 11.7. The van der Waals surface area contributed by atoms with Crippen molar-refractivity contribution in [3.8, 4) is 0 Å². The van der Waals surface area contributed by atoms with Crippen LogP contribution in [-0.4, -0.2) is 29.2 Å². The first-order chi connectivity index (χ1) is 16.0. The number of hydrogen-bond donors (Lipinski definition) is 1. The van der Waals surface area contributed by atoms with Gasteiger partial charge in [0.25, 0.3) is 5.92 Å². The molecule has 1 N–H and O–H groups in total. The fraction of sp³-hybridized carbons (Fsp3) is 0.462. The van der Waals surface area contributed by atoms with Gasteiger partial charge in [-0.15, -0.1) is 0 Å². The number of ether oxygens (including phenoxy) is 1. The van der Waals surface area contributed by atoms with E-state index >= 15 is 8.78 Å². The number of hydrogen-bond acceptors (Lipinski definition) is 4. The Morgan fingerprint density at radius 3 is 2.64 bits per heavy atom. The van der Waals surface area contributed by atoms with Gasteiger partial charge in [-0.2, -0.15) is 8.78 Å². The fourth-order valence-electron chi connectivity index (χ4n) is 5.38. The van der Waals surface area contributed by atoms with Crippen LogP contribution in [0, 0.1) is 5.92 Å². The van der Waals surface area contributed by atoms with Gasteiger partial charge < -0.3 is 14.6 Å². The summed E-state index contributed by atoms with van der Waals surface area (Å²) in [5.41, 5.74) is 3.95. The molecule has 0 saturated heterocycles. The van der Waals surface area contributed by atoms with E-state index in [9.17, 15) is 4.79 Å². The van der Waals surface area contributed by atoms with E-state index in [0.717, 1.165) is 42.4 Å². The SMILES string of the molecule is COC(=O)C1CCC(c2nc3c4c(ccc3n2CC(F)(F)c2ccccc2)CCNC4)CC1. The van der Waals surface area contributed by atoms with E-state index in [4.69, 9.17) is 9.72 Å². The molecule has 33 heavy (non-hydrogen) atoms. The minimum atomic E-state index is -3.03. The lowest BCUT2D eigenvalue weighted by molar-refractivity contribution is -0.146. The maximum absolute atomic E-state index is 15.4. The van der Waals surface area contributed by atoms with Gasteiger partial charge in [-0.25, -0.2) is 4.98 Å². The number of nitrogens with zero attached hydrogens (tertiary/aromatic N) is 2. The number of aromatic nitrogens is 2. The standard InChI is InChI=1S/C26H29F2N3O2/c1-33-25(32)19-9-7-18(8-10-19)24-30-23-21-15-29-14-13-17(21)11-12-22(23)31(24)16-26(27,28)20-5-3-2-4-6-20/h2-6,11-12,18-19,29H,7-10,13-16H2,1H3. The van der Waals surface area contributed by atoms with Crippen molar-refractivity contribution in [2.24, 2.45) is 5.92 Å². The number of fused-ring (bicyclic) bond motifs is 3. The summed E-state index contributed by atoms with van der Waals surface area (Å²) in [5, 5.41) is 3.39. The van der Waals surface area contributed by atoms with Crippen LogP contribution in [0.3, 0.4) is 0 Å². The van der Waals surface area contributed by atoms with Crippen LogP contribution in [0.4, 0.5) is 8.78 Å². The topological polar surface area (TPSA) is 56.1 Å². The number of carbonyl (C=O) groups excluding carboxylic acids is 1. The van der Waals surface area contributed by atoms with Crippen LogP contribution < -0.4 is 5.32 Å². The Balaban J connectivity index is 1.55. The Bertz CT molecular complexity index is 1150. The Kier molecular flexibility index (Phi) is 5.91. The van der Waals surface area contributed by atoms with E-state index in [0.29, 0.717) is 25.2 Å². The summed E-state index contributed by atoms with van der Waals surface area (Å²) in [6, 6.07) is 12.0. The van der Waals surface area contributed by atoms with Gasteiger partial charge in [-0.3, -0.25) is 4.79 Å². The molecule has 5 nitrogen and oxygen atoms in total. The van der Waals surface area contributed by atoms with E-state index in [2.05, 4.69) is 11.4 Å². The van der Waals surface area contributed by atoms with Gasteiger partial charge >= 0.3 is 5.97 Å². The molecule has 3 aromatic rings. The maximum atomic E-state index is 15.4. The first-order valence-electron chi connectivity index (χ1n) is 11.7. The molecular formula is C26H29F2N3O2. The Morgan fingerprint density at radius 1 is 1.15 bits per heavy atom. The highest BCUT2D eigenvalue weighted by Crippen LogP contribution is 2.40. The molecule has 1 aliphatic heterocycles.